The van der Waals surface area contributed by atoms with Crippen molar-refractivity contribution < 1.29 is 29.2 Å². The minimum absolute atomic E-state index is 0.0480. The molecule has 1 aliphatic heterocycles. The molecular weight excluding hydrogens is 348 g/mol. The average Bonchev–Trinajstić information content (AvgIpc) is 3.18. The van der Waals surface area contributed by atoms with E-state index in [1.54, 1.807) is 6.08 Å². The number of ether oxygens (including phenoxy) is 4. The standard InChI is InChI=1S/C21H26O6/c1-5-8-20-10-16(24-3)18(22)21(25-4,19(20)23)17(12(20)2)13-6-7-14-15(9-13)27-11-26-14/h5-7,9-10,12,17-19,22-23H,1,8,11H2,2-4H3/t12-,17+,18-,19-,20-,21+/m0/s1. The number of allylic oxidation sites excluding steroid dienone is 1. The molecule has 1 aromatic rings. The van der Waals surface area contributed by atoms with Crippen LogP contribution in [0.4, 0.5) is 0 Å². The van der Waals surface area contributed by atoms with Gasteiger partial charge in [0.15, 0.2) is 11.5 Å². The fraction of sp³-hybridized carbons (Fsp3) is 0.524. The van der Waals surface area contributed by atoms with Crippen molar-refractivity contribution in [2.24, 2.45) is 11.3 Å². The van der Waals surface area contributed by atoms with E-state index in [0.29, 0.717) is 23.7 Å². The summed E-state index contributed by atoms with van der Waals surface area (Å²) < 4.78 is 22.4. The highest BCUT2D eigenvalue weighted by molar-refractivity contribution is 5.49. The molecule has 0 radical (unpaired) electrons. The molecule has 0 amide bonds. The third kappa shape index (κ3) is 2.18. The Morgan fingerprint density at radius 1 is 1.26 bits per heavy atom. The molecule has 1 fully saturated rings. The predicted molar refractivity (Wildman–Crippen MR) is 98.6 cm³/mol. The maximum Gasteiger partial charge on any atom is 0.231 e. The number of aliphatic hydroxyl groups is 2. The fourth-order valence-electron chi connectivity index (χ4n) is 5.42. The van der Waals surface area contributed by atoms with Crippen molar-refractivity contribution in [3.63, 3.8) is 0 Å². The Labute approximate surface area is 159 Å². The maximum absolute atomic E-state index is 11.4. The molecule has 0 spiro atoms. The molecular formula is C21H26O6. The Morgan fingerprint density at radius 2 is 2.00 bits per heavy atom. The second kappa shape index (κ2) is 6.26. The van der Waals surface area contributed by atoms with Crippen LogP contribution in [0.1, 0.15) is 24.8 Å². The summed E-state index contributed by atoms with van der Waals surface area (Å²) in [6.45, 7) is 6.14. The lowest BCUT2D eigenvalue weighted by atomic mass is 9.69. The number of aliphatic hydroxyl groups excluding tert-OH is 2. The zero-order valence-electron chi connectivity index (χ0n) is 15.8. The highest BCUT2D eigenvalue weighted by Crippen LogP contribution is 2.65. The molecule has 3 aliphatic rings. The highest BCUT2D eigenvalue weighted by Gasteiger charge is 2.71. The summed E-state index contributed by atoms with van der Waals surface area (Å²) in [6.07, 6.45) is 2.18. The number of hydrogen-bond donors (Lipinski definition) is 2. The topological polar surface area (TPSA) is 77.4 Å². The maximum atomic E-state index is 11.4. The van der Waals surface area contributed by atoms with Gasteiger partial charge in [0, 0.05) is 18.4 Å². The number of rotatable bonds is 5. The molecule has 1 heterocycles. The van der Waals surface area contributed by atoms with Crippen LogP contribution in [0.25, 0.3) is 0 Å². The molecule has 146 valence electrons. The van der Waals surface area contributed by atoms with Gasteiger partial charge in [0.1, 0.15) is 17.5 Å². The van der Waals surface area contributed by atoms with Gasteiger partial charge >= 0.3 is 0 Å². The summed E-state index contributed by atoms with van der Waals surface area (Å²) in [4.78, 5) is 0. The first kappa shape index (κ1) is 18.3. The number of fused-ring (bicyclic) bond motifs is 3. The zero-order valence-corrected chi connectivity index (χ0v) is 15.8. The van der Waals surface area contributed by atoms with Crippen LogP contribution in [0.3, 0.4) is 0 Å². The lowest BCUT2D eigenvalue weighted by Crippen LogP contribution is -2.59. The van der Waals surface area contributed by atoms with Gasteiger partial charge in [-0.2, -0.15) is 0 Å². The van der Waals surface area contributed by atoms with E-state index in [9.17, 15) is 10.2 Å². The molecule has 6 heteroatoms. The first-order valence-electron chi connectivity index (χ1n) is 9.14. The van der Waals surface area contributed by atoms with Crippen molar-refractivity contribution in [1.29, 1.82) is 0 Å². The molecule has 1 saturated carbocycles. The smallest absolute Gasteiger partial charge is 0.231 e. The first-order valence-corrected chi connectivity index (χ1v) is 9.14. The van der Waals surface area contributed by atoms with Gasteiger partial charge in [-0.3, -0.25) is 0 Å². The molecule has 2 N–H and O–H groups in total. The van der Waals surface area contributed by atoms with Crippen molar-refractivity contribution in [3.05, 3.63) is 48.3 Å². The molecule has 4 rings (SSSR count). The van der Waals surface area contributed by atoms with Crippen molar-refractivity contribution in [2.75, 3.05) is 21.0 Å². The Hall–Kier alpha value is -2.02. The van der Waals surface area contributed by atoms with Crippen LogP contribution in [-0.2, 0) is 9.47 Å². The van der Waals surface area contributed by atoms with Gasteiger partial charge < -0.3 is 29.2 Å². The minimum atomic E-state index is -1.24. The largest absolute Gasteiger partial charge is 0.499 e. The van der Waals surface area contributed by atoms with E-state index in [-0.39, 0.29) is 18.6 Å². The van der Waals surface area contributed by atoms with Crippen LogP contribution < -0.4 is 9.47 Å². The van der Waals surface area contributed by atoms with Gasteiger partial charge in [0.25, 0.3) is 0 Å². The quantitative estimate of drug-likeness (QED) is 0.771. The summed E-state index contributed by atoms with van der Waals surface area (Å²) >= 11 is 0. The molecule has 27 heavy (non-hydrogen) atoms. The number of methoxy groups -OCH3 is 2. The summed E-state index contributed by atoms with van der Waals surface area (Å²) in [6, 6.07) is 5.72. The summed E-state index contributed by atoms with van der Waals surface area (Å²) in [5.41, 5.74) is -0.969. The fourth-order valence-corrected chi connectivity index (χ4v) is 5.42. The second-order valence-electron chi connectivity index (χ2n) is 7.60. The normalized spacial score (nSPS) is 39.2. The van der Waals surface area contributed by atoms with E-state index in [1.165, 1.54) is 14.2 Å². The monoisotopic (exact) mass is 374 g/mol. The average molecular weight is 374 g/mol. The van der Waals surface area contributed by atoms with Gasteiger partial charge in [-0.1, -0.05) is 19.1 Å². The Morgan fingerprint density at radius 3 is 2.67 bits per heavy atom. The van der Waals surface area contributed by atoms with E-state index >= 15 is 0 Å². The van der Waals surface area contributed by atoms with E-state index in [2.05, 4.69) is 13.5 Å². The third-order valence-corrected chi connectivity index (χ3v) is 6.72. The van der Waals surface area contributed by atoms with E-state index in [1.807, 2.05) is 24.3 Å². The second-order valence-corrected chi connectivity index (χ2v) is 7.60. The molecule has 0 unspecified atom stereocenters. The van der Waals surface area contributed by atoms with Crippen molar-refractivity contribution in [2.45, 2.75) is 37.1 Å². The molecule has 6 atom stereocenters. The van der Waals surface area contributed by atoms with Crippen LogP contribution >= 0.6 is 0 Å². The Bertz CT molecular complexity index is 789. The molecule has 1 aromatic carbocycles. The molecule has 2 aliphatic carbocycles. The molecule has 6 nitrogen and oxygen atoms in total. The van der Waals surface area contributed by atoms with E-state index in [0.717, 1.165) is 5.56 Å². The molecule has 0 saturated heterocycles. The van der Waals surface area contributed by atoms with E-state index < -0.39 is 23.2 Å². The van der Waals surface area contributed by atoms with Gasteiger partial charge in [0.05, 0.1) is 13.2 Å². The van der Waals surface area contributed by atoms with Crippen molar-refractivity contribution in [3.8, 4) is 11.5 Å². The van der Waals surface area contributed by atoms with E-state index in [4.69, 9.17) is 18.9 Å². The van der Waals surface area contributed by atoms with Crippen LogP contribution in [0.2, 0.25) is 0 Å². The molecule has 2 bridgehead atoms. The lowest BCUT2D eigenvalue weighted by molar-refractivity contribution is -0.179. The van der Waals surface area contributed by atoms with Crippen molar-refractivity contribution in [1.82, 2.24) is 0 Å². The zero-order chi connectivity index (χ0) is 19.4. The van der Waals surface area contributed by atoms with Gasteiger partial charge in [-0.25, -0.2) is 0 Å². The van der Waals surface area contributed by atoms with Crippen molar-refractivity contribution >= 4 is 0 Å². The number of benzene rings is 1. The predicted octanol–water partition coefficient (Wildman–Crippen LogP) is 2.36. The van der Waals surface area contributed by atoms with Crippen LogP contribution in [0, 0.1) is 11.3 Å². The highest BCUT2D eigenvalue weighted by atomic mass is 16.7. The van der Waals surface area contributed by atoms with Gasteiger partial charge in [-0.15, -0.1) is 6.58 Å². The van der Waals surface area contributed by atoms with Crippen LogP contribution in [0.5, 0.6) is 11.5 Å². The van der Waals surface area contributed by atoms with Crippen LogP contribution in [0.15, 0.2) is 42.7 Å². The van der Waals surface area contributed by atoms with Gasteiger partial charge in [0.2, 0.25) is 6.79 Å². The summed E-state index contributed by atoms with van der Waals surface area (Å²) in [5.74, 6) is 1.43. The first-order chi connectivity index (χ1) is 13.0. The van der Waals surface area contributed by atoms with Gasteiger partial charge in [-0.05, 0) is 36.1 Å². The van der Waals surface area contributed by atoms with Crippen LogP contribution in [-0.4, -0.2) is 49.0 Å². The Kier molecular flexibility index (Phi) is 4.25. The summed E-state index contributed by atoms with van der Waals surface area (Å²) in [5, 5.41) is 22.6. The Balaban J connectivity index is 1.91. The third-order valence-electron chi connectivity index (χ3n) is 6.72. The number of hydrogen-bond acceptors (Lipinski definition) is 6. The molecule has 0 aromatic heterocycles. The SMILES string of the molecule is C=CC[C@]12C=C(OC)[C@H](O)[C@](OC)([C@@H](c3ccc4c(c3)OCO4)[C@@H]1C)[C@H]2O. The summed E-state index contributed by atoms with van der Waals surface area (Å²) in [7, 11) is 3.05. The lowest BCUT2D eigenvalue weighted by Gasteiger charge is -2.46. The minimum Gasteiger partial charge on any atom is -0.499 e.